The van der Waals surface area contributed by atoms with Crippen LogP contribution < -0.4 is 9.64 Å². The molecule has 1 aliphatic heterocycles. The van der Waals surface area contributed by atoms with E-state index in [4.69, 9.17) is 4.74 Å². The standard InChI is InChI=1S/C10H15N3O2/c1-15-10-5-9(11-7-12-10)13-4-2-3-8(14)6-13/h5,7-8,14H,2-4,6H2,1H3. The molecule has 82 valence electrons. The molecule has 1 aliphatic rings. The van der Waals surface area contributed by atoms with Gasteiger partial charge in [-0.1, -0.05) is 0 Å². The van der Waals surface area contributed by atoms with E-state index in [2.05, 4.69) is 14.9 Å². The summed E-state index contributed by atoms with van der Waals surface area (Å²) < 4.78 is 5.03. The number of aromatic nitrogens is 2. The van der Waals surface area contributed by atoms with Crippen LogP contribution in [0.15, 0.2) is 12.4 Å². The van der Waals surface area contributed by atoms with Crippen LogP contribution in [0.4, 0.5) is 5.82 Å². The quantitative estimate of drug-likeness (QED) is 0.766. The topological polar surface area (TPSA) is 58.5 Å². The number of hydrogen-bond donors (Lipinski definition) is 1. The lowest BCUT2D eigenvalue weighted by Gasteiger charge is -2.30. The van der Waals surface area contributed by atoms with Crippen LogP contribution in [0.5, 0.6) is 5.88 Å². The molecule has 15 heavy (non-hydrogen) atoms. The van der Waals surface area contributed by atoms with Crippen LogP contribution in [0.1, 0.15) is 12.8 Å². The minimum Gasteiger partial charge on any atom is -0.481 e. The van der Waals surface area contributed by atoms with E-state index in [1.807, 2.05) is 0 Å². The van der Waals surface area contributed by atoms with Crippen molar-refractivity contribution >= 4 is 5.82 Å². The highest BCUT2D eigenvalue weighted by Gasteiger charge is 2.19. The van der Waals surface area contributed by atoms with E-state index in [0.29, 0.717) is 12.4 Å². The maximum atomic E-state index is 9.55. The molecule has 0 saturated carbocycles. The third-order valence-corrected chi connectivity index (χ3v) is 2.56. The lowest BCUT2D eigenvalue weighted by Crippen LogP contribution is -2.38. The molecule has 1 aromatic heterocycles. The van der Waals surface area contributed by atoms with Gasteiger partial charge in [0.05, 0.1) is 13.2 Å². The number of aliphatic hydroxyl groups excluding tert-OH is 1. The second kappa shape index (κ2) is 4.44. The van der Waals surface area contributed by atoms with E-state index in [-0.39, 0.29) is 6.10 Å². The van der Waals surface area contributed by atoms with Crippen LogP contribution in [0.2, 0.25) is 0 Å². The van der Waals surface area contributed by atoms with Crippen molar-refractivity contribution in [2.75, 3.05) is 25.1 Å². The summed E-state index contributed by atoms with van der Waals surface area (Å²) in [5, 5.41) is 9.55. The van der Waals surface area contributed by atoms with Gasteiger partial charge in [0, 0.05) is 19.2 Å². The summed E-state index contributed by atoms with van der Waals surface area (Å²) in [7, 11) is 1.58. The molecule has 1 unspecified atom stereocenters. The van der Waals surface area contributed by atoms with Crippen LogP contribution in [0.25, 0.3) is 0 Å². The summed E-state index contributed by atoms with van der Waals surface area (Å²) in [4.78, 5) is 10.2. The van der Waals surface area contributed by atoms with Gasteiger partial charge < -0.3 is 14.7 Å². The molecule has 0 amide bonds. The highest BCUT2D eigenvalue weighted by Crippen LogP contribution is 2.19. The van der Waals surface area contributed by atoms with Crippen molar-refractivity contribution in [3.63, 3.8) is 0 Å². The van der Waals surface area contributed by atoms with Crippen LogP contribution in [-0.4, -0.2) is 41.4 Å². The fraction of sp³-hybridized carbons (Fsp3) is 0.600. The van der Waals surface area contributed by atoms with Crippen molar-refractivity contribution in [3.05, 3.63) is 12.4 Å². The zero-order valence-corrected chi connectivity index (χ0v) is 8.76. The molecule has 2 heterocycles. The molecule has 0 aromatic carbocycles. The largest absolute Gasteiger partial charge is 0.481 e. The van der Waals surface area contributed by atoms with Gasteiger partial charge in [-0.25, -0.2) is 9.97 Å². The van der Waals surface area contributed by atoms with Gasteiger partial charge in [0.1, 0.15) is 12.1 Å². The second-order valence-corrected chi connectivity index (χ2v) is 3.66. The summed E-state index contributed by atoms with van der Waals surface area (Å²) in [5.41, 5.74) is 0. The van der Waals surface area contributed by atoms with Crippen molar-refractivity contribution in [2.24, 2.45) is 0 Å². The Morgan fingerprint density at radius 1 is 1.53 bits per heavy atom. The summed E-state index contributed by atoms with van der Waals surface area (Å²) in [6.45, 7) is 1.57. The number of rotatable bonds is 2. The average molecular weight is 209 g/mol. The fourth-order valence-electron chi connectivity index (χ4n) is 1.78. The normalized spacial score (nSPS) is 21.5. The van der Waals surface area contributed by atoms with Crippen LogP contribution >= 0.6 is 0 Å². The fourth-order valence-corrected chi connectivity index (χ4v) is 1.78. The minimum atomic E-state index is -0.250. The van der Waals surface area contributed by atoms with Crippen molar-refractivity contribution in [1.29, 1.82) is 0 Å². The molecule has 1 aromatic rings. The maximum absolute atomic E-state index is 9.55. The van der Waals surface area contributed by atoms with E-state index in [0.717, 1.165) is 25.2 Å². The number of β-amino-alcohol motifs (C(OH)–C–C–N with tert-alkyl or cyclic N) is 1. The number of nitrogens with zero attached hydrogens (tertiary/aromatic N) is 3. The first-order chi connectivity index (χ1) is 7.29. The number of methoxy groups -OCH3 is 1. The van der Waals surface area contributed by atoms with Gasteiger partial charge in [0.15, 0.2) is 0 Å². The Morgan fingerprint density at radius 3 is 3.13 bits per heavy atom. The van der Waals surface area contributed by atoms with Crippen molar-refractivity contribution in [1.82, 2.24) is 9.97 Å². The lowest BCUT2D eigenvalue weighted by atomic mass is 10.1. The Hall–Kier alpha value is -1.36. The number of hydrogen-bond acceptors (Lipinski definition) is 5. The molecule has 1 saturated heterocycles. The Morgan fingerprint density at radius 2 is 2.40 bits per heavy atom. The summed E-state index contributed by atoms with van der Waals surface area (Å²) in [5.74, 6) is 1.38. The maximum Gasteiger partial charge on any atom is 0.218 e. The first-order valence-corrected chi connectivity index (χ1v) is 5.08. The van der Waals surface area contributed by atoms with E-state index in [1.54, 1.807) is 13.2 Å². The molecule has 1 atom stereocenters. The van der Waals surface area contributed by atoms with Crippen LogP contribution in [0.3, 0.4) is 0 Å². The molecular formula is C10H15N3O2. The number of piperidine rings is 1. The van der Waals surface area contributed by atoms with Gasteiger partial charge in [-0.2, -0.15) is 0 Å². The number of aliphatic hydroxyl groups is 1. The van der Waals surface area contributed by atoms with Crippen molar-refractivity contribution < 1.29 is 9.84 Å². The first kappa shape index (κ1) is 10.2. The Balaban J connectivity index is 2.13. The van der Waals surface area contributed by atoms with E-state index in [1.165, 1.54) is 6.33 Å². The van der Waals surface area contributed by atoms with Gasteiger partial charge >= 0.3 is 0 Å². The first-order valence-electron chi connectivity index (χ1n) is 5.08. The smallest absolute Gasteiger partial charge is 0.218 e. The molecule has 0 spiro atoms. The Bertz CT molecular complexity index is 332. The lowest BCUT2D eigenvalue weighted by molar-refractivity contribution is 0.154. The molecule has 1 N–H and O–H groups in total. The third-order valence-electron chi connectivity index (χ3n) is 2.56. The third kappa shape index (κ3) is 2.36. The van der Waals surface area contributed by atoms with Crippen molar-refractivity contribution in [3.8, 4) is 5.88 Å². The Kier molecular flexibility index (Phi) is 3.01. The van der Waals surface area contributed by atoms with Crippen LogP contribution in [-0.2, 0) is 0 Å². The second-order valence-electron chi connectivity index (χ2n) is 3.66. The zero-order chi connectivity index (χ0) is 10.7. The molecular weight excluding hydrogens is 194 g/mol. The molecule has 0 aliphatic carbocycles. The van der Waals surface area contributed by atoms with Crippen LogP contribution in [0, 0.1) is 0 Å². The molecule has 5 nitrogen and oxygen atoms in total. The van der Waals surface area contributed by atoms with E-state index in [9.17, 15) is 5.11 Å². The number of ether oxygens (including phenoxy) is 1. The van der Waals surface area contributed by atoms with Gasteiger partial charge in [-0.15, -0.1) is 0 Å². The molecule has 5 heteroatoms. The highest BCUT2D eigenvalue weighted by molar-refractivity contribution is 5.41. The molecule has 1 fully saturated rings. The van der Waals surface area contributed by atoms with E-state index >= 15 is 0 Å². The monoisotopic (exact) mass is 209 g/mol. The predicted molar refractivity (Wildman–Crippen MR) is 56.0 cm³/mol. The Labute approximate surface area is 88.7 Å². The molecule has 0 bridgehead atoms. The SMILES string of the molecule is COc1cc(N2CCCC(O)C2)ncn1. The van der Waals surface area contributed by atoms with E-state index < -0.39 is 0 Å². The molecule has 0 radical (unpaired) electrons. The highest BCUT2D eigenvalue weighted by atomic mass is 16.5. The summed E-state index contributed by atoms with van der Waals surface area (Å²) >= 11 is 0. The van der Waals surface area contributed by atoms with Crippen molar-refractivity contribution in [2.45, 2.75) is 18.9 Å². The summed E-state index contributed by atoms with van der Waals surface area (Å²) in [6.07, 6.45) is 3.10. The average Bonchev–Trinajstić information content (AvgIpc) is 2.29. The number of anilines is 1. The van der Waals surface area contributed by atoms with Gasteiger partial charge in [0.25, 0.3) is 0 Å². The minimum absolute atomic E-state index is 0.250. The zero-order valence-electron chi connectivity index (χ0n) is 8.76. The predicted octanol–water partition coefficient (Wildman–Crippen LogP) is 0.446. The summed E-state index contributed by atoms with van der Waals surface area (Å²) in [6, 6.07) is 1.79. The van der Waals surface area contributed by atoms with Gasteiger partial charge in [-0.05, 0) is 12.8 Å². The van der Waals surface area contributed by atoms with Gasteiger partial charge in [-0.3, -0.25) is 0 Å². The molecule has 2 rings (SSSR count). The van der Waals surface area contributed by atoms with Gasteiger partial charge in [0.2, 0.25) is 5.88 Å².